The Balaban J connectivity index is 2.06. The fourth-order valence-electron chi connectivity index (χ4n) is 3.44. The molecule has 4 atom stereocenters. The van der Waals surface area contributed by atoms with Crippen molar-refractivity contribution in [1.29, 1.82) is 0 Å². The van der Waals surface area contributed by atoms with Gasteiger partial charge in [-0.2, -0.15) is 0 Å². The third kappa shape index (κ3) is 0.907. The summed E-state index contributed by atoms with van der Waals surface area (Å²) in [6.07, 6.45) is 7.62. The van der Waals surface area contributed by atoms with Crippen molar-refractivity contribution < 1.29 is 14.3 Å². The third-order valence-corrected chi connectivity index (χ3v) is 3.98. The molecule has 3 rings (SSSR count). The van der Waals surface area contributed by atoms with Gasteiger partial charge in [0, 0.05) is 5.41 Å². The van der Waals surface area contributed by atoms with Crippen molar-refractivity contribution in [3.63, 3.8) is 0 Å². The number of esters is 2. The second-order valence-electron chi connectivity index (χ2n) is 4.70. The normalized spacial score (nSPS) is 45.7. The van der Waals surface area contributed by atoms with Gasteiger partial charge in [0.15, 0.2) is 0 Å². The molecule has 0 N–H and O–H groups in total. The molecule has 1 heterocycles. The molecular formula is C12H12O3. The van der Waals surface area contributed by atoms with Crippen LogP contribution in [0, 0.1) is 23.2 Å². The molecule has 4 unspecified atom stereocenters. The Morgan fingerprint density at radius 2 is 2.33 bits per heavy atom. The van der Waals surface area contributed by atoms with Crippen molar-refractivity contribution in [2.75, 3.05) is 0 Å². The average molecular weight is 204 g/mol. The summed E-state index contributed by atoms with van der Waals surface area (Å²) in [5.41, 5.74) is -0.180. The number of rotatable bonds is 2. The van der Waals surface area contributed by atoms with Crippen LogP contribution in [0.1, 0.15) is 12.8 Å². The van der Waals surface area contributed by atoms with Crippen LogP contribution in [0.15, 0.2) is 24.8 Å². The van der Waals surface area contributed by atoms with Crippen molar-refractivity contribution in [3.05, 3.63) is 24.8 Å². The van der Waals surface area contributed by atoms with Crippen LogP contribution < -0.4 is 0 Å². The number of cyclic esters (lactones) is 2. The first-order chi connectivity index (χ1) is 7.18. The molecule has 0 aromatic carbocycles. The van der Waals surface area contributed by atoms with E-state index in [0.717, 1.165) is 12.8 Å². The van der Waals surface area contributed by atoms with Crippen LogP contribution in [-0.2, 0) is 14.3 Å². The Kier molecular flexibility index (Phi) is 1.54. The number of carbonyl (C=O) groups excluding carboxylic acids is 2. The van der Waals surface area contributed by atoms with E-state index in [-0.39, 0.29) is 35.1 Å². The molecule has 0 aromatic heterocycles. The minimum absolute atomic E-state index is 0.180. The summed E-state index contributed by atoms with van der Waals surface area (Å²) in [6.45, 7) is 3.72. The molecule has 0 radical (unpaired) electrons. The summed E-state index contributed by atoms with van der Waals surface area (Å²) in [7, 11) is 0. The fraction of sp³-hybridized carbons (Fsp3) is 0.500. The van der Waals surface area contributed by atoms with E-state index >= 15 is 0 Å². The fourth-order valence-corrected chi connectivity index (χ4v) is 3.44. The molecule has 1 aliphatic heterocycles. The smallest absolute Gasteiger partial charge is 0.318 e. The Morgan fingerprint density at radius 3 is 3.07 bits per heavy atom. The molecule has 3 heteroatoms. The van der Waals surface area contributed by atoms with Crippen LogP contribution in [0.5, 0.6) is 0 Å². The number of hydrogen-bond acceptors (Lipinski definition) is 3. The molecule has 3 aliphatic rings. The summed E-state index contributed by atoms with van der Waals surface area (Å²) in [6, 6.07) is 0. The summed E-state index contributed by atoms with van der Waals surface area (Å²) >= 11 is 0. The van der Waals surface area contributed by atoms with E-state index in [4.69, 9.17) is 4.74 Å². The second kappa shape index (κ2) is 2.60. The van der Waals surface area contributed by atoms with Crippen molar-refractivity contribution >= 4 is 11.9 Å². The van der Waals surface area contributed by atoms with Crippen LogP contribution in [0.3, 0.4) is 0 Å². The van der Waals surface area contributed by atoms with Crippen molar-refractivity contribution in [1.82, 2.24) is 0 Å². The Bertz CT molecular complexity index is 396. The largest absolute Gasteiger partial charge is 0.393 e. The van der Waals surface area contributed by atoms with E-state index in [2.05, 4.69) is 18.7 Å². The lowest BCUT2D eigenvalue weighted by Crippen LogP contribution is -2.30. The highest BCUT2D eigenvalue weighted by molar-refractivity contribution is 5.98. The predicted molar refractivity (Wildman–Crippen MR) is 52.6 cm³/mol. The highest BCUT2D eigenvalue weighted by Crippen LogP contribution is 2.61. The van der Waals surface area contributed by atoms with Gasteiger partial charge in [-0.25, -0.2) is 0 Å². The summed E-state index contributed by atoms with van der Waals surface area (Å²) < 4.78 is 4.73. The van der Waals surface area contributed by atoms with E-state index in [9.17, 15) is 9.59 Å². The average Bonchev–Trinajstić information content (AvgIpc) is 2.79. The number of hydrogen-bond donors (Lipinski definition) is 0. The zero-order valence-electron chi connectivity index (χ0n) is 8.31. The molecule has 15 heavy (non-hydrogen) atoms. The second-order valence-corrected chi connectivity index (χ2v) is 4.70. The lowest BCUT2D eigenvalue weighted by Gasteiger charge is -2.27. The summed E-state index contributed by atoms with van der Waals surface area (Å²) in [5.74, 6) is -0.932. The van der Waals surface area contributed by atoms with Gasteiger partial charge < -0.3 is 4.74 Å². The molecule has 2 aliphatic carbocycles. The maximum absolute atomic E-state index is 11.6. The van der Waals surface area contributed by atoms with Gasteiger partial charge in [0.05, 0.1) is 11.8 Å². The van der Waals surface area contributed by atoms with Crippen LogP contribution >= 0.6 is 0 Å². The lowest BCUT2D eigenvalue weighted by atomic mass is 9.73. The van der Waals surface area contributed by atoms with Gasteiger partial charge in [-0.05, 0) is 18.8 Å². The van der Waals surface area contributed by atoms with Crippen molar-refractivity contribution in [2.24, 2.45) is 23.2 Å². The Labute approximate surface area is 87.8 Å². The first-order valence-corrected chi connectivity index (χ1v) is 5.24. The minimum atomic E-state index is -0.335. The molecule has 2 fully saturated rings. The van der Waals surface area contributed by atoms with Crippen molar-refractivity contribution in [3.8, 4) is 0 Å². The van der Waals surface area contributed by atoms with Crippen LogP contribution in [-0.4, -0.2) is 11.9 Å². The quantitative estimate of drug-likeness (QED) is 0.388. The molecule has 2 bridgehead atoms. The molecule has 78 valence electrons. The van der Waals surface area contributed by atoms with Gasteiger partial charge in [0.1, 0.15) is 0 Å². The van der Waals surface area contributed by atoms with Gasteiger partial charge in [0.25, 0.3) is 0 Å². The molecule has 0 amide bonds. The first-order valence-electron chi connectivity index (χ1n) is 5.24. The van der Waals surface area contributed by atoms with Crippen LogP contribution in [0.4, 0.5) is 0 Å². The van der Waals surface area contributed by atoms with Gasteiger partial charge in [0.2, 0.25) is 0 Å². The molecule has 1 saturated heterocycles. The standard InChI is InChI=1S/C12H12O3/c1-2-4-12-5-3-7(6-12)8-9(12)11(14)15-10(8)13/h2-3,5,7-9H,1,4,6H2. The van der Waals surface area contributed by atoms with E-state index in [1.807, 2.05) is 6.08 Å². The van der Waals surface area contributed by atoms with E-state index in [1.54, 1.807) is 0 Å². The summed E-state index contributed by atoms with van der Waals surface area (Å²) in [5, 5.41) is 0. The zero-order chi connectivity index (χ0) is 10.6. The first kappa shape index (κ1) is 8.89. The Morgan fingerprint density at radius 1 is 1.53 bits per heavy atom. The Hall–Kier alpha value is -1.38. The number of ether oxygens (including phenoxy) is 1. The summed E-state index contributed by atoms with van der Waals surface area (Å²) in [4.78, 5) is 23.1. The maximum Gasteiger partial charge on any atom is 0.318 e. The minimum Gasteiger partial charge on any atom is -0.393 e. The van der Waals surface area contributed by atoms with Crippen LogP contribution in [0.25, 0.3) is 0 Å². The third-order valence-electron chi connectivity index (χ3n) is 3.98. The van der Waals surface area contributed by atoms with Gasteiger partial charge in [-0.15, -0.1) is 6.58 Å². The predicted octanol–water partition coefficient (Wildman–Crippen LogP) is 1.45. The van der Waals surface area contributed by atoms with E-state index in [1.165, 1.54) is 0 Å². The number of allylic oxidation sites excluding steroid dienone is 3. The van der Waals surface area contributed by atoms with Crippen LogP contribution in [0.2, 0.25) is 0 Å². The number of fused-ring (bicyclic) bond motifs is 5. The lowest BCUT2D eigenvalue weighted by molar-refractivity contribution is -0.155. The maximum atomic E-state index is 11.6. The monoisotopic (exact) mass is 204 g/mol. The SMILES string of the molecule is C=CCC12C=CC(C1)C1C(=O)OC(=O)C12. The molecule has 3 nitrogen and oxygen atoms in total. The topological polar surface area (TPSA) is 43.4 Å². The van der Waals surface area contributed by atoms with Crippen molar-refractivity contribution in [2.45, 2.75) is 12.8 Å². The van der Waals surface area contributed by atoms with Gasteiger partial charge >= 0.3 is 11.9 Å². The highest BCUT2D eigenvalue weighted by Gasteiger charge is 2.64. The van der Waals surface area contributed by atoms with E-state index in [0.29, 0.717) is 0 Å². The highest BCUT2D eigenvalue weighted by atomic mass is 16.6. The van der Waals surface area contributed by atoms with Gasteiger partial charge in [-0.1, -0.05) is 18.2 Å². The van der Waals surface area contributed by atoms with Gasteiger partial charge in [-0.3, -0.25) is 9.59 Å². The zero-order valence-corrected chi connectivity index (χ0v) is 8.31. The molecular weight excluding hydrogens is 192 g/mol. The molecule has 0 aromatic rings. The molecule has 1 saturated carbocycles. The molecule has 0 spiro atoms. The number of carbonyl (C=O) groups is 2. The van der Waals surface area contributed by atoms with E-state index < -0.39 is 0 Å².